The summed E-state index contributed by atoms with van der Waals surface area (Å²) in [6.07, 6.45) is 0. The number of hydrogen-bond acceptors (Lipinski definition) is 2. The summed E-state index contributed by atoms with van der Waals surface area (Å²) < 4.78 is 27.0. The van der Waals surface area contributed by atoms with Gasteiger partial charge < -0.3 is 6.15 Å². The maximum absolute atomic E-state index is 10.1. The van der Waals surface area contributed by atoms with Crippen molar-refractivity contribution in [1.29, 1.82) is 0 Å². The second-order valence-electron chi connectivity index (χ2n) is 0.238. The predicted octanol–water partition coefficient (Wildman–Crippen LogP) is -0.514. The summed E-state index contributed by atoms with van der Waals surface area (Å²) in [6.45, 7) is 0. The third-order valence-electron chi connectivity index (χ3n) is 0. The zero-order valence-electron chi connectivity index (χ0n) is 2.69. The molecule has 0 bridgehead atoms. The van der Waals surface area contributed by atoms with Crippen molar-refractivity contribution in [3.05, 3.63) is 0 Å². The second kappa shape index (κ2) is 4.36. The van der Waals surface area contributed by atoms with Gasteiger partial charge in [0, 0.05) is 0 Å². The summed E-state index contributed by atoms with van der Waals surface area (Å²) in [5.74, 6) is 0. The first-order valence-electron chi connectivity index (χ1n) is 0.597. The van der Waals surface area contributed by atoms with E-state index in [1.165, 1.54) is 0 Å². The van der Waals surface area contributed by atoms with Crippen LogP contribution in [0.2, 0.25) is 0 Å². The molecule has 0 saturated carbocycles. The van der Waals surface area contributed by atoms with Crippen LogP contribution < -0.4 is 9.84 Å². The van der Waals surface area contributed by atoms with Crippen LogP contribution in [0, 0.1) is 0 Å². The van der Waals surface area contributed by atoms with Gasteiger partial charge in [0.1, 0.15) is 0 Å². The van der Waals surface area contributed by atoms with Crippen LogP contribution in [0.1, 0.15) is 0 Å². The molecule has 4 N–H and O–H groups in total. The van der Waals surface area contributed by atoms with Crippen molar-refractivity contribution in [3.8, 4) is 0 Å². The van der Waals surface area contributed by atoms with Gasteiger partial charge in [0.05, 0.1) is 0 Å². The fourth-order valence-electron chi connectivity index (χ4n) is 0. The van der Waals surface area contributed by atoms with Gasteiger partial charge in [-0.05, 0) is 0 Å². The first-order valence-corrected chi connectivity index (χ1v) is 2.46. The van der Waals surface area contributed by atoms with E-state index in [-0.39, 0.29) is 6.15 Å². The molecule has 0 amide bonds. The van der Waals surface area contributed by atoms with E-state index >= 15 is 0 Å². The Balaban J connectivity index is 0. The van der Waals surface area contributed by atoms with Gasteiger partial charge in [0.25, 0.3) is 0 Å². The van der Waals surface area contributed by atoms with Crippen LogP contribution in [-0.2, 0) is 22.1 Å². The molecule has 0 heterocycles. The Morgan fingerprint density at radius 3 is 1.80 bits per heavy atom. The Morgan fingerprint density at radius 1 is 1.80 bits per heavy atom. The van der Waals surface area contributed by atoms with E-state index in [1.807, 2.05) is 0 Å². The molecule has 0 aromatic rings. The zero-order valence-corrected chi connectivity index (χ0v) is 4.26. The van der Waals surface area contributed by atoms with Gasteiger partial charge in [0.2, 0.25) is 0 Å². The standard InChI is InChI=1S/FH.H3N.2O.Ti/h1H;1H3;;;/q;;;-1;+1. The molecule has 5 heteroatoms. The van der Waals surface area contributed by atoms with Crippen LogP contribution in [0.3, 0.4) is 0 Å². The van der Waals surface area contributed by atoms with E-state index in [1.54, 1.807) is 0 Å². The number of halogens is 1. The van der Waals surface area contributed by atoms with E-state index in [9.17, 15) is 3.09 Å². The summed E-state index contributed by atoms with van der Waals surface area (Å²) in [5.41, 5.74) is 0. The molecule has 0 radical (unpaired) electrons. The summed E-state index contributed by atoms with van der Waals surface area (Å²) in [7, 11) is 0. The average molecular weight is 117 g/mol. The third-order valence-corrected chi connectivity index (χ3v) is 0. The van der Waals surface area contributed by atoms with Crippen LogP contribution in [0.25, 0.3) is 0 Å². The molecule has 0 aliphatic rings. The number of quaternary nitrogens is 1. The quantitative estimate of drug-likeness (QED) is 0.433. The minimum atomic E-state index is -4.33. The van der Waals surface area contributed by atoms with Gasteiger partial charge in [-0.15, -0.1) is 0 Å². The van der Waals surface area contributed by atoms with E-state index < -0.39 is 18.8 Å². The maximum atomic E-state index is 10.1. The van der Waals surface area contributed by atoms with Crippen molar-refractivity contribution in [2.45, 2.75) is 0 Å². The minimum absolute atomic E-state index is 0. The molecule has 0 saturated heterocycles. The van der Waals surface area contributed by atoms with Crippen molar-refractivity contribution in [2.75, 3.05) is 0 Å². The van der Waals surface area contributed by atoms with Gasteiger partial charge in [0.15, 0.2) is 0 Å². The molecular weight excluding hydrogens is 113 g/mol. The molecular formula is H4FNO2Ti. The van der Waals surface area contributed by atoms with Crippen molar-refractivity contribution in [1.82, 2.24) is 6.15 Å². The Morgan fingerprint density at radius 2 is 1.80 bits per heavy atom. The van der Waals surface area contributed by atoms with E-state index in [0.717, 1.165) is 0 Å². The molecule has 0 rings (SSSR count). The molecule has 0 unspecified atom stereocenters. The molecule has 0 atom stereocenters. The topological polar surface area (TPSA) is 76.6 Å². The molecule has 0 aromatic heterocycles. The van der Waals surface area contributed by atoms with E-state index in [0.29, 0.717) is 0 Å². The molecule has 32 valence electrons. The first kappa shape index (κ1) is 9.03. The molecule has 3 nitrogen and oxygen atoms in total. The molecule has 0 fully saturated rings. The van der Waals surface area contributed by atoms with Crippen LogP contribution in [0.15, 0.2) is 0 Å². The first-order chi connectivity index (χ1) is 1.73. The fraction of sp³-hybridized carbons (Fsp3) is 0. The average Bonchev–Trinajstić information content (AvgIpc) is 0.811. The van der Waals surface area contributed by atoms with Crippen molar-refractivity contribution in [2.24, 2.45) is 0 Å². The summed E-state index contributed by atoms with van der Waals surface area (Å²) >= 11 is -4.33. The van der Waals surface area contributed by atoms with Gasteiger partial charge in [-0.25, -0.2) is 0 Å². The van der Waals surface area contributed by atoms with Crippen LogP contribution in [0.5, 0.6) is 0 Å². The third kappa shape index (κ3) is 184. The molecule has 5 heavy (non-hydrogen) atoms. The van der Waals surface area contributed by atoms with E-state index in [4.69, 9.17) is 7.01 Å². The van der Waals surface area contributed by atoms with Crippen molar-refractivity contribution in [3.63, 3.8) is 0 Å². The van der Waals surface area contributed by atoms with Gasteiger partial charge in [-0.2, -0.15) is 0 Å². The van der Waals surface area contributed by atoms with Gasteiger partial charge in [-0.1, -0.05) is 0 Å². The van der Waals surface area contributed by atoms with Crippen LogP contribution in [0.4, 0.5) is 3.09 Å². The Kier molecular flexibility index (Phi) is 7.88. The molecule has 0 aliphatic carbocycles. The Hall–Kier alpha value is 0.364. The van der Waals surface area contributed by atoms with Gasteiger partial charge >= 0.3 is 28.9 Å². The Bertz CT molecular complexity index is 32.6. The summed E-state index contributed by atoms with van der Waals surface area (Å²) in [6, 6.07) is 0. The predicted molar refractivity (Wildman–Crippen MR) is 7.78 cm³/mol. The zero-order chi connectivity index (χ0) is 3.58. The van der Waals surface area contributed by atoms with Crippen LogP contribution in [-0.4, -0.2) is 0 Å². The number of hydrogen-bond donors (Lipinski definition) is 1. The SMILES string of the molecule is [NH4+].[O]=[Ti]([O-])[F]. The van der Waals surface area contributed by atoms with Crippen LogP contribution >= 0.6 is 0 Å². The Labute approximate surface area is 35.7 Å². The second-order valence-corrected chi connectivity index (χ2v) is 0.980. The number of rotatable bonds is 0. The monoisotopic (exact) mass is 117 g/mol. The molecule has 0 aromatic carbocycles. The fourth-order valence-corrected chi connectivity index (χ4v) is 0. The molecule has 0 spiro atoms. The van der Waals surface area contributed by atoms with Gasteiger partial charge in [-0.3, -0.25) is 0 Å². The van der Waals surface area contributed by atoms with Crippen molar-refractivity contribution < 1.29 is 28.9 Å². The molecule has 0 aliphatic heterocycles. The normalized spacial score (nSPS) is 5.20. The summed E-state index contributed by atoms with van der Waals surface area (Å²) in [4.78, 5) is 0. The van der Waals surface area contributed by atoms with E-state index in [2.05, 4.69) is 0 Å². The summed E-state index contributed by atoms with van der Waals surface area (Å²) in [5, 5.41) is 0. The van der Waals surface area contributed by atoms with Crippen molar-refractivity contribution >= 4 is 0 Å².